The molecular formula is C12H23ClN4O. The van der Waals surface area contributed by atoms with Gasteiger partial charge in [0, 0.05) is 13.0 Å². The van der Waals surface area contributed by atoms with Crippen LogP contribution in [0.2, 0.25) is 0 Å². The molecule has 5 nitrogen and oxygen atoms in total. The Morgan fingerprint density at radius 3 is 2.89 bits per heavy atom. The zero-order valence-corrected chi connectivity index (χ0v) is 11.9. The van der Waals surface area contributed by atoms with E-state index in [1.165, 1.54) is 6.42 Å². The molecule has 2 rings (SSSR count). The second-order valence-corrected chi connectivity index (χ2v) is 5.33. The fourth-order valence-corrected chi connectivity index (χ4v) is 2.24. The van der Waals surface area contributed by atoms with Crippen LogP contribution in [0.4, 0.5) is 0 Å². The molecule has 0 saturated carbocycles. The Morgan fingerprint density at radius 2 is 2.28 bits per heavy atom. The lowest BCUT2D eigenvalue weighted by atomic mass is 10.1. The van der Waals surface area contributed by atoms with Crippen molar-refractivity contribution in [3.05, 3.63) is 11.7 Å². The molecule has 0 radical (unpaired) electrons. The van der Waals surface area contributed by atoms with Gasteiger partial charge >= 0.3 is 0 Å². The van der Waals surface area contributed by atoms with Gasteiger partial charge in [-0.2, -0.15) is 4.98 Å². The van der Waals surface area contributed by atoms with Gasteiger partial charge in [-0.05, 0) is 31.3 Å². The average molecular weight is 275 g/mol. The third-order valence-electron chi connectivity index (χ3n) is 3.16. The molecule has 0 amide bonds. The molecule has 1 fully saturated rings. The summed E-state index contributed by atoms with van der Waals surface area (Å²) in [5.74, 6) is 2.75. The third-order valence-corrected chi connectivity index (χ3v) is 3.16. The Balaban J connectivity index is 0.00000162. The summed E-state index contributed by atoms with van der Waals surface area (Å²) in [6.07, 6.45) is 2.07. The van der Waals surface area contributed by atoms with Crippen LogP contribution in [-0.4, -0.2) is 34.7 Å². The van der Waals surface area contributed by atoms with Crippen molar-refractivity contribution in [1.29, 1.82) is 0 Å². The summed E-state index contributed by atoms with van der Waals surface area (Å²) in [5.41, 5.74) is 5.67. The minimum Gasteiger partial charge on any atom is -0.338 e. The second-order valence-electron chi connectivity index (χ2n) is 5.33. The van der Waals surface area contributed by atoms with Crippen LogP contribution in [0.3, 0.4) is 0 Å². The predicted octanol–water partition coefficient (Wildman–Crippen LogP) is 1.47. The van der Waals surface area contributed by atoms with E-state index in [0.717, 1.165) is 44.3 Å². The lowest BCUT2D eigenvalue weighted by Crippen LogP contribution is -2.22. The molecule has 0 bridgehead atoms. The predicted molar refractivity (Wildman–Crippen MR) is 72.5 cm³/mol. The van der Waals surface area contributed by atoms with E-state index in [9.17, 15) is 0 Å². The fourth-order valence-electron chi connectivity index (χ4n) is 2.24. The lowest BCUT2D eigenvalue weighted by Gasteiger charge is -2.12. The van der Waals surface area contributed by atoms with Gasteiger partial charge in [0.15, 0.2) is 5.82 Å². The van der Waals surface area contributed by atoms with Crippen LogP contribution >= 0.6 is 12.4 Å². The summed E-state index contributed by atoms with van der Waals surface area (Å²) in [6, 6.07) is 0. The molecule has 1 atom stereocenters. The number of nitrogens with two attached hydrogens (primary N) is 1. The van der Waals surface area contributed by atoms with Crippen LogP contribution in [0.15, 0.2) is 4.52 Å². The van der Waals surface area contributed by atoms with E-state index in [0.29, 0.717) is 11.8 Å². The molecule has 2 heterocycles. The minimum absolute atomic E-state index is 0. The van der Waals surface area contributed by atoms with Crippen LogP contribution in [0.25, 0.3) is 0 Å². The van der Waals surface area contributed by atoms with Crippen molar-refractivity contribution in [2.75, 3.05) is 19.6 Å². The van der Waals surface area contributed by atoms with Crippen LogP contribution in [0.1, 0.15) is 32.0 Å². The van der Waals surface area contributed by atoms with Crippen LogP contribution in [0, 0.1) is 11.8 Å². The largest absolute Gasteiger partial charge is 0.338 e. The maximum atomic E-state index is 5.67. The SMILES string of the molecule is CC(C)Cc1noc(CN2CCC(CN)C2)n1.Cl. The van der Waals surface area contributed by atoms with Gasteiger partial charge in [-0.1, -0.05) is 19.0 Å². The zero-order valence-electron chi connectivity index (χ0n) is 11.1. The Hall–Kier alpha value is -0.650. The van der Waals surface area contributed by atoms with E-state index in [1.807, 2.05) is 0 Å². The highest BCUT2D eigenvalue weighted by atomic mass is 35.5. The summed E-state index contributed by atoms with van der Waals surface area (Å²) in [4.78, 5) is 6.75. The number of nitrogens with zero attached hydrogens (tertiary/aromatic N) is 3. The molecule has 1 aromatic heterocycles. The highest BCUT2D eigenvalue weighted by Gasteiger charge is 2.22. The fraction of sp³-hybridized carbons (Fsp3) is 0.833. The smallest absolute Gasteiger partial charge is 0.240 e. The van der Waals surface area contributed by atoms with E-state index in [1.54, 1.807) is 0 Å². The van der Waals surface area contributed by atoms with Crippen molar-refractivity contribution in [2.24, 2.45) is 17.6 Å². The number of halogens is 1. The van der Waals surface area contributed by atoms with Crippen LogP contribution < -0.4 is 5.73 Å². The molecule has 104 valence electrons. The van der Waals surface area contributed by atoms with E-state index in [4.69, 9.17) is 10.3 Å². The first-order chi connectivity index (χ1) is 8.17. The monoisotopic (exact) mass is 274 g/mol. The van der Waals surface area contributed by atoms with Gasteiger partial charge in [-0.3, -0.25) is 4.90 Å². The quantitative estimate of drug-likeness (QED) is 0.881. The van der Waals surface area contributed by atoms with Gasteiger partial charge in [0.25, 0.3) is 0 Å². The second kappa shape index (κ2) is 7.07. The molecule has 1 saturated heterocycles. The van der Waals surface area contributed by atoms with Crippen LogP contribution in [0.5, 0.6) is 0 Å². The molecule has 1 aromatic rings. The minimum atomic E-state index is 0. The van der Waals surface area contributed by atoms with Crippen molar-refractivity contribution in [3.63, 3.8) is 0 Å². The summed E-state index contributed by atoms with van der Waals surface area (Å²) in [6.45, 7) is 7.99. The highest BCUT2D eigenvalue weighted by molar-refractivity contribution is 5.85. The molecule has 18 heavy (non-hydrogen) atoms. The zero-order chi connectivity index (χ0) is 12.3. The van der Waals surface area contributed by atoms with Gasteiger partial charge < -0.3 is 10.3 Å². The molecule has 1 aliphatic rings. The summed E-state index contributed by atoms with van der Waals surface area (Å²) >= 11 is 0. The van der Waals surface area contributed by atoms with Crippen molar-refractivity contribution < 1.29 is 4.52 Å². The maximum absolute atomic E-state index is 5.67. The van der Waals surface area contributed by atoms with Crippen molar-refractivity contribution in [1.82, 2.24) is 15.0 Å². The molecule has 1 aliphatic heterocycles. The number of hydrogen-bond acceptors (Lipinski definition) is 5. The van der Waals surface area contributed by atoms with E-state index < -0.39 is 0 Å². The summed E-state index contributed by atoms with van der Waals surface area (Å²) in [7, 11) is 0. The van der Waals surface area contributed by atoms with Crippen molar-refractivity contribution in [3.8, 4) is 0 Å². The number of rotatable bonds is 5. The third kappa shape index (κ3) is 4.23. The van der Waals surface area contributed by atoms with Gasteiger partial charge in [0.1, 0.15) is 0 Å². The van der Waals surface area contributed by atoms with Gasteiger partial charge in [0.2, 0.25) is 5.89 Å². The molecule has 0 spiro atoms. The first-order valence-corrected chi connectivity index (χ1v) is 6.41. The first kappa shape index (κ1) is 15.4. The topological polar surface area (TPSA) is 68.2 Å². The number of aromatic nitrogens is 2. The normalized spacial score (nSPS) is 20.3. The van der Waals surface area contributed by atoms with E-state index >= 15 is 0 Å². The highest BCUT2D eigenvalue weighted by Crippen LogP contribution is 2.17. The number of likely N-dealkylation sites (tertiary alicyclic amines) is 1. The first-order valence-electron chi connectivity index (χ1n) is 6.41. The summed E-state index contributed by atoms with van der Waals surface area (Å²) in [5, 5.41) is 4.00. The van der Waals surface area contributed by atoms with Gasteiger partial charge in [-0.25, -0.2) is 0 Å². The lowest BCUT2D eigenvalue weighted by molar-refractivity contribution is 0.260. The van der Waals surface area contributed by atoms with Gasteiger partial charge in [-0.15, -0.1) is 12.4 Å². The molecule has 1 unspecified atom stereocenters. The number of hydrogen-bond donors (Lipinski definition) is 1. The molecule has 6 heteroatoms. The Kier molecular flexibility index (Phi) is 6.05. The Bertz CT molecular complexity index is 356. The van der Waals surface area contributed by atoms with Crippen LogP contribution in [-0.2, 0) is 13.0 Å². The molecule has 0 aromatic carbocycles. The van der Waals surface area contributed by atoms with Gasteiger partial charge in [0.05, 0.1) is 6.54 Å². The summed E-state index contributed by atoms with van der Waals surface area (Å²) < 4.78 is 5.26. The Labute approximate surface area is 115 Å². The molecule has 2 N–H and O–H groups in total. The molecular weight excluding hydrogens is 252 g/mol. The Morgan fingerprint density at radius 1 is 1.50 bits per heavy atom. The van der Waals surface area contributed by atoms with E-state index in [-0.39, 0.29) is 12.4 Å². The van der Waals surface area contributed by atoms with E-state index in [2.05, 4.69) is 28.9 Å². The van der Waals surface area contributed by atoms with Crippen molar-refractivity contribution in [2.45, 2.75) is 33.2 Å². The average Bonchev–Trinajstić information content (AvgIpc) is 2.88. The molecule has 0 aliphatic carbocycles. The standard InChI is InChI=1S/C12H22N4O.ClH/c1-9(2)5-11-14-12(17-15-11)8-16-4-3-10(6-13)7-16;/h9-10H,3-8,13H2,1-2H3;1H. The van der Waals surface area contributed by atoms with Crippen molar-refractivity contribution >= 4 is 12.4 Å². The maximum Gasteiger partial charge on any atom is 0.240 e.